The van der Waals surface area contributed by atoms with E-state index in [0.717, 1.165) is 42.8 Å². The number of nitrogens with one attached hydrogen (secondary N) is 2. The topological polar surface area (TPSA) is 89.0 Å². The molecule has 0 bridgehead atoms. The Morgan fingerprint density at radius 3 is 2.62 bits per heavy atom. The first-order valence-corrected chi connectivity index (χ1v) is 9.05. The summed E-state index contributed by atoms with van der Waals surface area (Å²) >= 11 is 0. The normalized spacial score (nSPS) is 17.5. The molecule has 0 aromatic carbocycles. The van der Waals surface area contributed by atoms with Crippen LogP contribution in [0.5, 0.6) is 5.88 Å². The minimum Gasteiger partial charge on any atom is -0.481 e. The lowest BCUT2D eigenvalue weighted by atomic mass is 10.0. The monoisotopic (exact) mass is 353 g/mol. The van der Waals surface area contributed by atoms with Crippen molar-refractivity contribution < 1.29 is 9.53 Å². The van der Waals surface area contributed by atoms with Crippen molar-refractivity contribution in [2.24, 2.45) is 5.92 Å². The third kappa shape index (κ3) is 3.76. The van der Waals surface area contributed by atoms with Crippen LogP contribution in [0.3, 0.4) is 0 Å². The van der Waals surface area contributed by atoms with Crippen LogP contribution in [0.15, 0.2) is 24.5 Å². The van der Waals surface area contributed by atoms with Gasteiger partial charge in [0.1, 0.15) is 5.82 Å². The van der Waals surface area contributed by atoms with Crippen LogP contribution in [-0.2, 0) is 0 Å². The molecular weight excluding hydrogens is 330 g/mol. The summed E-state index contributed by atoms with van der Waals surface area (Å²) in [5.74, 6) is 2.20. The number of aromatic nitrogens is 3. The van der Waals surface area contributed by atoms with Crippen molar-refractivity contribution in [2.45, 2.75) is 44.6 Å². The van der Waals surface area contributed by atoms with Crippen LogP contribution in [-0.4, -0.2) is 28.1 Å². The number of methoxy groups -OCH3 is 1. The smallest absolute Gasteiger partial charge is 0.319 e. The number of hydrogen-bond donors (Lipinski definition) is 2. The molecule has 2 aromatic rings. The van der Waals surface area contributed by atoms with Gasteiger partial charge in [-0.1, -0.05) is 6.07 Å². The molecule has 7 heteroatoms. The zero-order valence-corrected chi connectivity index (χ0v) is 15.0. The summed E-state index contributed by atoms with van der Waals surface area (Å²) in [6.45, 7) is 1.87. The number of carbonyl (C=O) groups is 1. The summed E-state index contributed by atoms with van der Waals surface area (Å²) in [7, 11) is 1.59. The molecular formula is C19H23N5O2. The van der Waals surface area contributed by atoms with E-state index >= 15 is 0 Å². The summed E-state index contributed by atoms with van der Waals surface area (Å²) in [6, 6.07) is 3.50. The van der Waals surface area contributed by atoms with E-state index in [0.29, 0.717) is 23.4 Å². The highest BCUT2D eigenvalue weighted by molar-refractivity contribution is 5.90. The number of aryl methyl sites for hydroxylation is 1. The van der Waals surface area contributed by atoms with Gasteiger partial charge in [0.2, 0.25) is 5.88 Å². The Morgan fingerprint density at radius 1 is 1.19 bits per heavy atom. The van der Waals surface area contributed by atoms with Crippen molar-refractivity contribution in [3.63, 3.8) is 0 Å². The van der Waals surface area contributed by atoms with E-state index in [9.17, 15) is 4.79 Å². The average Bonchev–Trinajstić information content (AvgIpc) is 3.54. The number of anilines is 1. The molecule has 2 saturated carbocycles. The van der Waals surface area contributed by atoms with Crippen LogP contribution in [0.1, 0.15) is 54.7 Å². The Kier molecular flexibility index (Phi) is 4.44. The first-order valence-electron chi connectivity index (χ1n) is 9.05. The van der Waals surface area contributed by atoms with E-state index < -0.39 is 0 Å². The quantitative estimate of drug-likeness (QED) is 0.831. The van der Waals surface area contributed by atoms with Crippen molar-refractivity contribution in [3.05, 3.63) is 41.6 Å². The van der Waals surface area contributed by atoms with Crippen molar-refractivity contribution in [1.29, 1.82) is 0 Å². The number of nitrogens with zero attached hydrogens (tertiary/aromatic N) is 3. The number of pyridine rings is 1. The summed E-state index contributed by atoms with van der Waals surface area (Å²) < 4.78 is 5.11. The average molecular weight is 353 g/mol. The van der Waals surface area contributed by atoms with Gasteiger partial charge in [0.05, 0.1) is 30.7 Å². The largest absolute Gasteiger partial charge is 0.481 e. The van der Waals surface area contributed by atoms with Crippen LogP contribution >= 0.6 is 0 Å². The van der Waals surface area contributed by atoms with Gasteiger partial charge in [0.15, 0.2) is 0 Å². The fraction of sp³-hybridized carbons (Fsp3) is 0.474. The zero-order valence-electron chi connectivity index (χ0n) is 15.0. The molecule has 0 aliphatic heterocycles. The summed E-state index contributed by atoms with van der Waals surface area (Å²) in [5.41, 5.74) is 2.64. The second-order valence-electron chi connectivity index (χ2n) is 7.04. The van der Waals surface area contributed by atoms with Gasteiger partial charge in [-0.25, -0.2) is 19.7 Å². The summed E-state index contributed by atoms with van der Waals surface area (Å²) in [6.07, 6.45) is 7.93. The van der Waals surface area contributed by atoms with E-state index in [4.69, 9.17) is 4.74 Å². The van der Waals surface area contributed by atoms with Gasteiger partial charge in [0, 0.05) is 18.2 Å². The van der Waals surface area contributed by atoms with Gasteiger partial charge in [-0.05, 0) is 44.1 Å². The third-order valence-corrected chi connectivity index (χ3v) is 4.86. The van der Waals surface area contributed by atoms with E-state index in [1.807, 2.05) is 19.1 Å². The molecule has 0 radical (unpaired) electrons. The molecule has 2 N–H and O–H groups in total. The Balaban J connectivity index is 1.47. The molecule has 136 valence electrons. The molecule has 2 heterocycles. The second-order valence-corrected chi connectivity index (χ2v) is 7.04. The third-order valence-electron chi connectivity index (χ3n) is 4.86. The molecule has 2 fully saturated rings. The molecule has 2 aliphatic rings. The van der Waals surface area contributed by atoms with E-state index in [1.54, 1.807) is 19.5 Å². The number of carbonyl (C=O) groups excluding carboxylic acids is 1. The summed E-state index contributed by atoms with van der Waals surface area (Å²) in [4.78, 5) is 25.6. The van der Waals surface area contributed by atoms with Crippen LogP contribution in [0.2, 0.25) is 0 Å². The zero-order chi connectivity index (χ0) is 18.1. The molecule has 0 saturated heterocycles. The highest BCUT2D eigenvalue weighted by Gasteiger charge is 2.34. The molecule has 7 nitrogen and oxygen atoms in total. The highest BCUT2D eigenvalue weighted by Crippen LogP contribution is 2.43. The van der Waals surface area contributed by atoms with Crippen molar-refractivity contribution in [1.82, 2.24) is 20.3 Å². The molecule has 0 spiro atoms. The number of amides is 2. The van der Waals surface area contributed by atoms with Crippen LogP contribution < -0.4 is 15.4 Å². The standard InChI is InChI=1S/C19H23N5O2/c1-11-20-10-15(18(22-11)13-5-6-13)23-19(25)24-17(12-3-4-12)14-7-8-16(26-2)21-9-14/h7-10,12-13,17H,3-6H2,1-2H3,(H2,23,24,25). The molecule has 2 amide bonds. The maximum absolute atomic E-state index is 12.6. The number of ether oxygens (including phenoxy) is 1. The lowest BCUT2D eigenvalue weighted by molar-refractivity contribution is 0.247. The molecule has 1 unspecified atom stereocenters. The SMILES string of the molecule is COc1ccc(C(NC(=O)Nc2cnc(C)nc2C2CC2)C2CC2)cn1. The van der Waals surface area contributed by atoms with Crippen LogP contribution in [0, 0.1) is 12.8 Å². The van der Waals surface area contributed by atoms with Crippen molar-refractivity contribution in [2.75, 3.05) is 12.4 Å². The van der Waals surface area contributed by atoms with E-state index in [-0.39, 0.29) is 12.1 Å². The molecule has 1 atom stereocenters. The molecule has 2 aromatic heterocycles. The van der Waals surface area contributed by atoms with E-state index in [2.05, 4.69) is 25.6 Å². The molecule has 26 heavy (non-hydrogen) atoms. The first-order chi connectivity index (χ1) is 12.6. The number of hydrogen-bond acceptors (Lipinski definition) is 5. The van der Waals surface area contributed by atoms with E-state index in [1.165, 1.54) is 0 Å². The number of urea groups is 1. The Hall–Kier alpha value is -2.70. The Bertz CT molecular complexity index is 800. The van der Waals surface area contributed by atoms with Gasteiger partial charge in [-0.2, -0.15) is 0 Å². The Morgan fingerprint density at radius 2 is 2.00 bits per heavy atom. The Labute approximate surface area is 152 Å². The number of rotatable bonds is 6. The van der Waals surface area contributed by atoms with Crippen LogP contribution in [0.25, 0.3) is 0 Å². The minimum atomic E-state index is -0.230. The lowest BCUT2D eigenvalue weighted by Crippen LogP contribution is -2.34. The highest BCUT2D eigenvalue weighted by atomic mass is 16.5. The fourth-order valence-corrected chi connectivity index (χ4v) is 3.15. The lowest BCUT2D eigenvalue weighted by Gasteiger charge is -2.19. The first kappa shape index (κ1) is 16.8. The summed E-state index contributed by atoms with van der Waals surface area (Å²) in [5, 5.41) is 6.04. The van der Waals surface area contributed by atoms with Crippen LogP contribution in [0.4, 0.5) is 10.5 Å². The second kappa shape index (κ2) is 6.90. The van der Waals surface area contributed by atoms with Gasteiger partial charge in [0.25, 0.3) is 0 Å². The van der Waals surface area contributed by atoms with Crippen molar-refractivity contribution in [3.8, 4) is 5.88 Å². The minimum absolute atomic E-state index is 0.0517. The van der Waals surface area contributed by atoms with Gasteiger partial charge in [-0.3, -0.25) is 0 Å². The fourth-order valence-electron chi connectivity index (χ4n) is 3.15. The van der Waals surface area contributed by atoms with Gasteiger partial charge in [-0.15, -0.1) is 0 Å². The molecule has 4 rings (SSSR count). The van der Waals surface area contributed by atoms with Gasteiger partial charge >= 0.3 is 6.03 Å². The molecule has 2 aliphatic carbocycles. The maximum atomic E-state index is 12.6. The van der Waals surface area contributed by atoms with Crippen molar-refractivity contribution >= 4 is 11.7 Å². The maximum Gasteiger partial charge on any atom is 0.319 e. The van der Waals surface area contributed by atoms with Gasteiger partial charge < -0.3 is 15.4 Å². The predicted octanol–water partition coefficient (Wildman–Crippen LogP) is 3.34. The predicted molar refractivity (Wildman–Crippen MR) is 97.2 cm³/mol.